The molecule has 0 atom stereocenters. The first-order chi connectivity index (χ1) is 13.3. The quantitative estimate of drug-likeness (QED) is 0.286. The predicted octanol–water partition coefficient (Wildman–Crippen LogP) is 2.60. The van der Waals surface area contributed by atoms with Gasteiger partial charge in [-0.25, -0.2) is 8.42 Å². The highest BCUT2D eigenvalue weighted by Gasteiger charge is 2.25. The smallest absolute Gasteiger partial charge is 0.229 e. The van der Waals surface area contributed by atoms with Crippen LogP contribution in [0.3, 0.4) is 0 Å². The average molecular weight is 492 g/mol. The molecule has 0 spiro atoms. The minimum atomic E-state index is -3.20. The normalized spacial score (nSPS) is 11.9. The molecule has 0 unspecified atom stereocenters. The van der Waals surface area contributed by atoms with Gasteiger partial charge in [0.2, 0.25) is 10.0 Å². The summed E-state index contributed by atoms with van der Waals surface area (Å²) in [5, 5.41) is 0. The van der Waals surface area contributed by atoms with Gasteiger partial charge in [-0.2, -0.15) is 0 Å². The topological polar surface area (TPSA) is 46.2 Å². The summed E-state index contributed by atoms with van der Waals surface area (Å²) in [6, 6.07) is 7.81. The molecular formula is C23H43BrN2O2S. The standard InChI is InChI=1S/C23H43N2O2S.BrH/c1-5-8-18-25(19-9-6-2,20-10-7-3)21-12-11-13-22-14-16-23(17-15-22)24-28(4,26)27;/h14-17,24H,5-13,18-21H2,1-4H3;1H/q+1;/p-1. The van der Waals surface area contributed by atoms with Gasteiger partial charge in [-0.1, -0.05) is 52.2 Å². The summed E-state index contributed by atoms with van der Waals surface area (Å²) in [5.74, 6) is 0. The van der Waals surface area contributed by atoms with E-state index in [2.05, 4.69) is 25.5 Å². The number of anilines is 1. The van der Waals surface area contributed by atoms with Crippen molar-refractivity contribution in [2.75, 3.05) is 37.2 Å². The maximum absolute atomic E-state index is 11.3. The van der Waals surface area contributed by atoms with Gasteiger partial charge in [0, 0.05) is 5.69 Å². The summed E-state index contributed by atoms with van der Waals surface area (Å²) in [4.78, 5) is 0. The molecule has 4 nitrogen and oxygen atoms in total. The van der Waals surface area contributed by atoms with E-state index in [-0.39, 0.29) is 17.0 Å². The number of unbranched alkanes of at least 4 members (excludes halogenated alkanes) is 4. The Balaban J connectivity index is 0.00000784. The van der Waals surface area contributed by atoms with Gasteiger partial charge >= 0.3 is 0 Å². The molecule has 170 valence electrons. The zero-order valence-electron chi connectivity index (χ0n) is 19.1. The van der Waals surface area contributed by atoms with Crippen molar-refractivity contribution >= 4 is 15.7 Å². The second kappa shape index (κ2) is 15.2. The van der Waals surface area contributed by atoms with Gasteiger partial charge in [-0.15, -0.1) is 0 Å². The molecule has 0 saturated carbocycles. The second-order valence-corrected chi connectivity index (χ2v) is 10.1. The van der Waals surface area contributed by atoms with E-state index in [0.29, 0.717) is 5.69 Å². The summed E-state index contributed by atoms with van der Waals surface area (Å²) in [6.07, 6.45) is 12.6. The lowest BCUT2D eigenvalue weighted by Gasteiger charge is -2.39. The molecule has 29 heavy (non-hydrogen) atoms. The Labute approximate surface area is 190 Å². The molecular weight excluding hydrogens is 448 g/mol. The summed E-state index contributed by atoms with van der Waals surface area (Å²) in [6.45, 7) is 12.2. The van der Waals surface area contributed by atoms with E-state index in [9.17, 15) is 8.42 Å². The zero-order valence-corrected chi connectivity index (χ0v) is 21.5. The van der Waals surface area contributed by atoms with Crippen LogP contribution in [0.2, 0.25) is 0 Å². The highest BCUT2D eigenvalue weighted by Crippen LogP contribution is 2.18. The lowest BCUT2D eigenvalue weighted by Crippen LogP contribution is -3.00. The third-order valence-electron chi connectivity index (χ3n) is 5.56. The Morgan fingerprint density at radius 3 is 1.62 bits per heavy atom. The van der Waals surface area contributed by atoms with Crippen molar-refractivity contribution in [3.63, 3.8) is 0 Å². The van der Waals surface area contributed by atoms with E-state index in [4.69, 9.17) is 0 Å². The monoisotopic (exact) mass is 490 g/mol. The van der Waals surface area contributed by atoms with E-state index in [1.807, 2.05) is 24.3 Å². The molecule has 0 fully saturated rings. The SMILES string of the molecule is CCCC[N+](CCCC)(CCCC)CCCCc1ccc(NS(C)(=O)=O)cc1.[Br-]. The fourth-order valence-corrected chi connectivity index (χ4v) is 4.45. The van der Waals surface area contributed by atoms with Crippen molar-refractivity contribution in [2.45, 2.75) is 78.6 Å². The van der Waals surface area contributed by atoms with Gasteiger partial charge in [-0.3, -0.25) is 4.72 Å². The van der Waals surface area contributed by atoms with E-state index >= 15 is 0 Å². The number of hydrogen-bond acceptors (Lipinski definition) is 2. The van der Waals surface area contributed by atoms with Crippen LogP contribution in [-0.4, -0.2) is 45.3 Å². The molecule has 0 amide bonds. The molecule has 1 aromatic rings. The largest absolute Gasteiger partial charge is 1.00 e. The molecule has 0 bridgehead atoms. The second-order valence-electron chi connectivity index (χ2n) is 8.32. The van der Waals surface area contributed by atoms with Crippen LogP contribution in [0.15, 0.2) is 24.3 Å². The minimum absolute atomic E-state index is 0. The van der Waals surface area contributed by atoms with Crippen LogP contribution in [0, 0.1) is 0 Å². The lowest BCUT2D eigenvalue weighted by atomic mass is 10.1. The maximum Gasteiger partial charge on any atom is 0.229 e. The van der Waals surface area contributed by atoms with Crippen molar-refractivity contribution in [3.05, 3.63) is 29.8 Å². The van der Waals surface area contributed by atoms with Crippen LogP contribution in [0.4, 0.5) is 5.69 Å². The van der Waals surface area contributed by atoms with Gasteiger partial charge in [0.15, 0.2) is 0 Å². The molecule has 0 aliphatic heterocycles. The lowest BCUT2D eigenvalue weighted by molar-refractivity contribution is -0.929. The summed E-state index contributed by atoms with van der Waals surface area (Å²) in [5.41, 5.74) is 1.92. The number of quaternary nitrogens is 1. The molecule has 0 heterocycles. The molecule has 0 aliphatic carbocycles. The molecule has 0 aliphatic rings. The van der Waals surface area contributed by atoms with E-state index < -0.39 is 10.0 Å². The predicted molar refractivity (Wildman–Crippen MR) is 122 cm³/mol. The number of aryl methyl sites for hydroxylation is 1. The van der Waals surface area contributed by atoms with Crippen molar-refractivity contribution in [2.24, 2.45) is 0 Å². The first-order valence-corrected chi connectivity index (χ1v) is 13.1. The fourth-order valence-electron chi connectivity index (χ4n) is 3.88. The molecule has 0 radical (unpaired) electrons. The Morgan fingerprint density at radius 2 is 1.21 bits per heavy atom. The van der Waals surface area contributed by atoms with Crippen LogP contribution in [0.1, 0.15) is 77.7 Å². The van der Waals surface area contributed by atoms with Crippen molar-refractivity contribution in [1.82, 2.24) is 0 Å². The van der Waals surface area contributed by atoms with Crippen LogP contribution >= 0.6 is 0 Å². The molecule has 0 saturated heterocycles. The number of hydrogen-bond donors (Lipinski definition) is 1. The zero-order chi connectivity index (χ0) is 20.9. The number of nitrogens with zero attached hydrogens (tertiary/aromatic N) is 1. The van der Waals surface area contributed by atoms with Gasteiger partial charge in [0.25, 0.3) is 0 Å². The van der Waals surface area contributed by atoms with Crippen molar-refractivity contribution in [3.8, 4) is 0 Å². The third kappa shape index (κ3) is 12.6. The van der Waals surface area contributed by atoms with E-state index in [1.54, 1.807) is 0 Å². The first kappa shape index (κ1) is 28.4. The molecule has 6 heteroatoms. The summed E-state index contributed by atoms with van der Waals surface area (Å²) >= 11 is 0. The Hall–Kier alpha value is -0.590. The van der Waals surface area contributed by atoms with Gasteiger partial charge in [0.1, 0.15) is 0 Å². The molecule has 0 aromatic heterocycles. The number of halogens is 1. The Bertz CT molecular complexity index is 611. The minimum Gasteiger partial charge on any atom is -1.00 e. The number of benzene rings is 1. The first-order valence-electron chi connectivity index (χ1n) is 11.3. The highest BCUT2D eigenvalue weighted by molar-refractivity contribution is 7.92. The Kier molecular flexibility index (Phi) is 14.9. The van der Waals surface area contributed by atoms with Crippen LogP contribution in [0.25, 0.3) is 0 Å². The van der Waals surface area contributed by atoms with Gasteiger partial charge in [-0.05, 0) is 56.2 Å². The average Bonchev–Trinajstić information content (AvgIpc) is 2.66. The highest BCUT2D eigenvalue weighted by atomic mass is 79.9. The molecule has 1 rings (SSSR count). The van der Waals surface area contributed by atoms with Crippen molar-refractivity contribution in [1.29, 1.82) is 0 Å². The Morgan fingerprint density at radius 1 is 0.759 bits per heavy atom. The van der Waals surface area contributed by atoms with E-state index in [0.717, 1.165) is 6.42 Å². The number of sulfonamides is 1. The van der Waals surface area contributed by atoms with Crippen LogP contribution in [-0.2, 0) is 16.4 Å². The molecule has 1 N–H and O–H groups in total. The maximum atomic E-state index is 11.3. The summed E-state index contributed by atoms with van der Waals surface area (Å²) in [7, 11) is -3.20. The van der Waals surface area contributed by atoms with Gasteiger partial charge in [0.05, 0.1) is 32.4 Å². The number of rotatable bonds is 16. The van der Waals surface area contributed by atoms with Gasteiger partial charge < -0.3 is 21.5 Å². The molecule has 1 aromatic carbocycles. The van der Waals surface area contributed by atoms with E-state index in [1.165, 1.54) is 93.8 Å². The fraction of sp³-hybridized carbons (Fsp3) is 0.739. The summed E-state index contributed by atoms with van der Waals surface area (Å²) < 4.78 is 26.4. The third-order valence-corrected chi connectivity index (χ3v) is 6.17. The van der Waals surface area contributed by atoms with Crippen molar-refractivity contribution < 1.29 is 29.9 Å². The van der Waals surface area contributed by atoms with Crippen LogP contribution < -0.4 is 21.7 Å². The van der Waals surface area contributed by atoms with Crippen LogP contribution in [0.5, 0.6) is 0 Å². The number of nitrogens with one attached hydrogen (secondary N) is 1.